The molecule has 0 amide bonds. The number of carbonyl (C=O) groups is 1. The zero-order valence-electron chi connectivity index (χ0n) is 15.2. The molecule has 0 aliphatic heterocycles. The highest BCUT2D eigenvalue weighted by molar-refractivity contribution is 5.65. The van der Waals surface area contributed by atoms with Crippen LogP contribution < -0.4 is 10.0 Å². The molecule has 6 heteroatoms. The molecule has 0 aliphatic rings. The van der Waals surface area contributed by atoms with Gasteiger partial charge in [-0.2, -0.15) is 0 Å². The zero-order chi connectivity index (χ0) is 18.2. The van der Waals surface area contributed by atoms with E-state index >= 15 is 0 Å². The SMILES string of the molecule is CCCCCCCCCCCCC(O)C[NH+](CC(=O)[O-])CC(O)O. The Kier molecular flexibility index (Phi) is 15.4. The number of carbonyl (C=O) groups excluding carboxylic acids is 1. The Morgan fingerprint density at radius 3 is 1.83 bits per heavy atom. The maximum Gasteiger partial charge on any atom is 0.202 e. The van der Waals surface area contributed by atoms with Crippen LogP contribution in [0.5, 0.6) is 0 Å². The lowest BCUT2D eigenvalue weighted by Crippen LogP contribution is -3.15. The second-order valence-electron chi connectivity index (χ2n) is 6.81. The lowest BCUT2D eigenvalue weighted by Gasteiger charge is -2.23. The van der Waals surface area contributed by atoms with Crippen molar-refractivity contribution in [2.75, 3.05) is 19.6 Å². The molecule has 24 heavy (non-hydrogen) atoms. The molecule has 0 heterocycles. The molecule has 0 bridgehead atoms. The Labute approximate surface area is 146 Å². The number of hydrogen-bond acceptors (Lipinski definition) is 5. The third-order valence-corrected chi connectivity index (χ3v) is 4.28. The van der Waals surface area contributed by atoms with Gasteiger partial charge in [0.05, 0.1) is 5.97 Å². The molecule has 0 aromatic heterocycles. The molecule has 0 saturated carbocycles. The highest BCUT2D eigenvalue weighted by Gasteiger charge is 2.17. The van der Waals surface area contributed by atoms with Gasteiger partial charge in [-0.1, -0.05) is 71.1 Å². The number of aliphatic hydroxyl groups excluding tert-OH is 2. The molecule has 0 saturated heterocycles. The van der Waals surface area contributed by atoms with E-state index < -0.39 is 18.4 Å². The van der Waals surface area contributed by atoms with Crippen LogP contribution in [0.25, 0.3) is 0 Å². The standard InChI is InChI=1S/C18H37NO5/c1-2-3-4-5-6-7-8-9-10-11-12-16(20)13-19(14-17(21)22)15-18(23)24/h16-17,20-22H,2-15H2,1H3,(H,23,24). The molecule has 2 unspecified atom stereocenters. The Hall–Kier alpha value is -0.690. The van der Waals surface area contributed by atoms with Crippen LogP contribution in [-0.2, 0) is 4.79 Å². The quantitative estimate of drug-likeness (QED) is 0.212. The molecular weight excluding hydrogens is 310 g/mol. The minimum Gasteiger partial charge on any atom is -0.544 e. The van der Waals surface area contributed by atoms with Gasteiger partial charge in [-0.25, -0.2) is 0 Å². The van der Waals surface area contributed by atoms with Crippen LogP contribution in [0.2, 0.25) is 0 Å². The third-order valence-electron chi connectivity index (χ3n) is 4.28. The number of rotatable bonds is 17. The number of hydrogen-bond donors (Lipinski definition) is 4. The number of quaternary nitrogens is 1. The lowest BCUT2D eigenvalue weighted by molar-refractivity contribution is -0.903. The first-order valence-electron chi connectivity index (χ1n) is 9.53. The van der Waals surface area contributed by atoms with Crippen molar-refractivity contribution < 1.29 is 30.1 Å². The van der Waals surface area contributed by atoms with Crippen LogP contribution in [-0.4, -0.2) is 53.3 Å². The fraction of sp³-hybridized carbons (Fsp3) is 0.944. The maximum atomic E-state index is 10.6. The summed E-state index contributed by atoms with van der Waals surface area (Å²) in [4.78, 5) is 11.1. The third kappa shape index (κ3) is 16.2. The highest BCUT2D eigenvalue weighted by atomic mass is 16.5. The Morgan fingerprint density at radius 1 is 0.875 bits per heavy atom. The molecule has 6 nitrogen and oxygen atoms in total. The molecule has 144 valence electrons. The zero-order valence-corrected chi connectivity index (χ0v) is 15.2. The largest absolute Gasteiger partial charge is 0.544 e. The maximum absolute atomic E-state index is 10.6. The van der Waals surface area contributed by atoms with Crippen LogP contribution in [0.4, 0.5) is 0 Å². The van der Waals surface area contributed by atoms with Gasteiger partial charge in [0.2, 0.25) is 6.29 Å². The number of nitrogens with one attached hydrogen (secondary N) is 1. The molecule has 0 aromatic rings. The molecule has 0 radical (unpaired) electrons. The molecular formula is C18H37NO5. The van der Waals surface area contributed by atoms with E-state index in [1.165, 1.54) is 51.4 Å². The van der Waals surface area contributed by atoms with Crippen LogP contribution in [0, 0.1) is 0 Å². The van der Waals surface area contributed by atoms with E-state index in [2.05, 4.69) is 6.92 Å². The monoisotopic (exact) mass is 347 g/mol. The van der Waals surface area contributed by atoms with Crippen LogP contribution in [0.15, 0.2) is 0 Å². The summed E-state index contributed by atoms with van der Waals surface area (Å²) in [6.07, 6.45) is 10.7. The van der Waals surface area contributed by atoms with Gasteiger partial charge in [-0.3, -0.25) is 0 Å². The molecule has 2 atom stereocenters. The first-order valence-corrected chi connectivity index (χ1v) is 9.53. The van der Waals surface area contributed by atoms with Gasteiger partial charge < -0.3 is 30.1 Å². The van der Waals surface area contributed by atoms with Crippen LogP contribution in [0.1, 0.15) is 77.6 Å². The molecule has 0 fully saturated rings. The molecule has 4 N–H and O–H groups in total. The van der Waals surface area contributed by atoms with E-state index in [9.17, 15) is 15.0 Å². The average molecular weight is 347 g/mol. The van der Waals surface area contributed by atoms with E-state index in [1.807, 2.05) is 0 Å². The first-order chi connectivity index (χ1) is 11.5. The normalized spacial score (nSPS) is 14.0. The summed E-state index contributed by atoms with van der Waals surface area (Å²) < 4.78 is 0. The second kappa shape index (κ2) is 15.8. The van der Waals surface area contributed by atoms with Gasteiger partial charge in [0.25, 0.3) is 0 Å². The molecule has 0 aliphatic carbocycles. The highest BCUT2D eigenvalue weighted by Crippen LogP contribution is 2.11. The minimum atomic E-state index is -1.58. The predicted octanol–water partition coefficient (Wildman–Crippen LogP) is -0.396. The van der Waals surface area contributed by atoms with Crippen molar-refractivity contribution in [1.82, 2.24) is 0 Å². The number of carboxylic acid groups (broad SMARTS) is 1. The van der Waals surface area contributed by atoms with Gasteiger partial charge in [0.15, 0.2) is 0 Å². The fourth-order valence-electron chi connectivity index (χ4n) is 2.99. The Morgan fingerprint density at radius 2 is 1.38 bits per heavy atom. The predicted molar refractivity (Wildman–Crippen MR) is 91.3 cm³/mol. The van der Waals surface area contributed by atoms with Gasteiger partial charge in [-0.15, -0.1) is 0 Å². The van der Waals surface area contributed by atoms with Crippen LogP contribution in [0.3, 0.4) is 0 Å². The van der Waals surface area contributed by atoms with Gasteiger partial charge in [0.1, 0.15) is 25.7 Å². The topological polar surface area (TPSA) is 105 Å². The minimum absolute atomic E-state index is 0.122. The van der Waals surface area contributed by atoms with E-state index in [1.54, 1.807) is 0 Å². The van der Waals surface area contributed by atoms with Crippen molar-refractivity contribution in [1.29, 1.82) is 0 Å². The molecule has 0 rings (SSSR count). The molecule has 0 aromatic carbocycles. The average Bonchev–Trinajstić information content (AvgIpc) is 2.47. The fourth-order valence-corrected chi connectivity index (χ4v) is 2.99. The molecule has 0 spiro atoms. The summed E-state index contributed by atoms with van der Waals surface area (Å²) in [6, 6.07) is 0. The second-order valence-corrected chi connectivity index (χ2v) is 6.81. The first kappa shape index (κ1) is 23.3. The van der Waals surface area contributed by atoms with Crippen molar-refractivity contribution in [3.8, 4) is 0 Å². The van der Waals surface area contributed by atoms with Crippen LogP contribution >= 0.6 is 0 Å². The Balaban J connectivity index is 3.62. The van der Waals surface area contributed by atoms with E-state index in [0.29, 0.717) is 11.3 Å². The summed E-state index contributed by atoms with van der Waals surface area (Å²) in [6.45, 7) is 1.97. The summed E-state index contributed by atoms with van der Waals surface area (Å²) in [7, 11) is 0. The summed E-state index contributed by atoms with van der Waals surface area (Å²) in [5, 5.41) is 38.5. The van der Waals surface area contributed by atoms with E-state index in [-0.39, 0.29) is 19.6 Å². The van der Waals surface area contributed by atoms with E-state index in [0.717, 1.165) is 12.8 Å². The van der Waals surface area contributed by atoms with Gasteiger partial charge in [-0.05, 0) is 6.42 Å². The smallest absolute Gasteiger partial charge is 0.202 e. The number of unbranched alkanes of at least 4 members (excludes halogenated alkanes) is 9. The summed E-state index contributed by atoms with van der Waals surface area (Å²) in [5.74, 6) is -1.25. The Bertz CT molecular complexity index is 299. The number of aliphatic carboxylic acids is 1. The van der Waals surface area contributed by atoms with Crippen molar-refractivity contribution in [3.05, 3.63) is 0 Å². The van der Waals surface area contributed by atoms with E-state index in [4.69, 9.17) is 10.2 Å². The van der Waals surface area contributed by atoms with Gasteiger partial charge in [0, 0.05) is 0 Å². The van der Waals surface area contributed by atoms with Gasteiger partial charge >= 0.3 is 0 Å². The van der Waals surface area contributed by atoms with Crippen molar-refractivity contribution in [2.24, 2.45) is 0 Å². The van der Waals surface area contributed by atoms with Crippen molar-refractivity contribution in [3.63, 3.8) is 0 Å². The van der Waals surface area contributed by atoms with Crippen molar-refractivity contribution in [2.45, 2.75) is 89.9 Å². The van der Waals surface area contributed by atoms with Crippen molar-refractivity contribution >= 4 is 5.97 Å². The lowest BCUT2D eigenvalue weighted by atomic mass is 10.0. The summed E-state index contributed by atoms with van der Waals surface area (Å²) >= 11 is 0. The number of aliphatic hydroxyl groups is 3. The summed E-state index contributed by atoms with van der Waals surface area (Å²) in [5.41, 5.74) is 0. The number of carboxylic acids is 1.